The van der Waals surface area contributed by atoms with Gasteiger partial charge in [0.2, 0.25) is 0 Å². The van der Waals surface area contributed by atoms with Crippen LogP contribution < -0.4 is 5.32 Å². The zero-order valence-electron chi connectivity index (χ0n) is 11.8. The first-order valence-electron chi connectivity index (χ1n) is 6.68. The Morgan fingerprint density at radius 2 is 2.32 bits per heavy atom. The maximum absolute atomic E-state index is 12.4. The van der Waals surface area contributed by atoms with Crippen LogP contribution in [0.5, 0.6) is 0 Å². The molecule has 0 bridgehead atoms. The molecule has 1 saturated heterocycles. The third-order valence-corrected chi connectivity index (χ3v) is 5.30. The first-order chi connectivity index (χ1) is 8.95. The van der Waals surface area contributed by atoms with Crippen LogP contribution in [-0.4, -0.2) is 48.5 Å². The lowest BCUT2D eigenvalue weighted by atomic mass is 10.2. The quantitative estimate of drug-likeness (QED) is 0.860. The van der Waals surface area contributed by atoms with E-state index < -0.39 is 10.0 Å². The van der Waals surface area contributed by atoms with Crippen molar-refractivity contribution in [1.82, 2.24) is 19.2 Å². The van der Waals surface area contributed by atoms with Gasteiger partial charge in [-0.25, -0.2) is 13.4 Å². The van der Waals surface area contributed by atoms with E-state index in [0.717, 1.165) is 31.8 Å². The highest BCUT2D eigenvalue weighted by atomic mass is 32.2. The van der Waals surface area contributed by atoms with Gasteiger partial charge in [0.25, 0.3) is 10.0 Å². The Labute approximate surface area is 114 Å². The highest BCUT2D eigenvalue weighted by molar-refractivity contribution is 7.89. The molecule has 6 nitrogen and oxygen atoms in total. The summed E-state index contributed by atoms with van der Waals surface area (Å²) in [6.07, 6.45) is 3.76. The van der Waals surface area contributed by atoms with E-state index in [0.29, 0.717) is 6.54 Å². The van der Waals surface area contributed by atoms with Gasteiger partial charge in [-0.3, -0.25) is 0 Å². The van der Waals surface area contributed by atoms with Crippen LogP contribution in [0.2, 0.25) is 0 Å². The van der Waals surface area contributed by atoms with E-state index in [1.165, 1.54) is 4.31 Å². The van der Waals surface area contributed by atoms with E-state index in [2.05, 4.69) is 10.3 Å². The van der Waals surface area contributed by atoms with Crippen LogP contribution in [0.1, 0.15) is 25.6 Å². The topological polar surface area (TPSA) is 67.2 Å². The maximum atomic E-state index is 12.4. The Balaban J connectivity index is 2.15. The number of aryl methyl sites for hydroxylation is 2. The molecule has 19 heavy (non-hydrogen) atoms. The summed E-state index contributed by atoms with van der Waals surface area (Å²) in [4.78, 5) is 4.16. The second-order valence-electron chi connectivity index (χ2n) is 4.99. The molecule has 1 N–H and O–H groups in total. The molecule has 1 fully saturated rings. The molecule has 1 aliphatic rings. The van der Waals surface area contributed by atoms with Gasteiger partial charge in [-0.2, -0.15) is 4.31 Å². The number of hydrogen-bond acceptors (Lipinski definition) is 4. The third kappa shape index (κ3) is 2.98. The van der Waals surface area contributed by atoms with Crippen molar-refractivity contribution in [2.24, 2.45) is 0 Å². The Morgan fingerprint density at radius 1 is 1.58 bits per heavy atom. The summed E-state index contributed by atoms with van der Waals surface area (Å²) >= 11 is 0. The maximum Gasteiger partial charge on any atom is 0.261 e. The van der Waals surface area contributed by atoms with Crippen LogP contribution in [0.4, 0.5) is 0 Å². The van der Waals surface area contributed by atoms with E-state index >= 15 is 0 Å². The van der Waals surface area contributed by atoms with Crippen LogP contribution in [0, 0.1) is 6.92 Å². The molecule has 1 aliphatic heterocycles. The van der Waals surface area contributed by atoms with E-state index in [1.54, 1.807) is 13.2 Å². The minimum atomic E-state index is -3.48. The molecule has 0 spiro atoms. The Kier molecular flexibility index (Phi) is 4.27. The summed E-state index contributed by atoms with van der Waals surface area (Å²) < 4.78 is 28.1. The molecule has 2 rings (SSSR count). The van der Waals surface area contributed by atoms with E-state index in [9.17, 15) is 8.42 Å². The second-order valence-corrected chi connectivity index (χ2v) is 6.98. The molecule has 108 valence electrons. The van der Waals surface area contributed by atoms with E-state index in [4.69, 9.17) is 0 Å². The standard InChI is InChI=1S/C12H22N4O2S/c1-4-16-9-12(14-10(16)2)19(17,18)15(3)8-11-6-5-7-13-11/h9,11,13H,4-8H2,1-3H3. The van der Waals surface area contributed by atoms with Gasteiger partial charge in [0.05, 0.1) is 0 Å². The molecule has 1 atom stereocenters. The lowest BCUT2D eigenvalue weighted by Crippen LogP contribution is -2.38. The van der Waals surface area contributed by atoms with Crippen molar-refractivity contribution < 1.29 is 8.42 Å². The number of rotatable bonds is 5. The van der Waals surface area contributed by atoms with E-state index in [-0.39, 0.29) is 11.1 Å². The zero-order chi connectivity index (χ0) is 14.0. The Bertz CT molecular complexity index is 532. The zero-order valence-corrected chi connectivity index (χ0v) is 12.6. The normalized spacial score (nSPS) is 20.3. The molecule has 2 heterocycles. The van der Waals surface area contributed by atoms with Crippen molar-refractivity contribution in [2.75, 3.05) is 20.1 Å². The highest BCUT2D eigenvalue weighted by Crippen LogP contribution is 2.16. The molecule has 7 heteroatoms. The van der Waals surface area contributed by atoms with Gasteiger partial charge in [-0.1, -0.05) is 0 Å². The van der Waals surface area contributed by atoms with Crippen LogP contribution in [0.3, 0.4) is 0 Å². The predicted octanol–water partition coefficient (Wildman–Crippen LogP) is 0.584. The van der Waals surface area contributed by atoms with Gasteiger partial charge in [0.15, 0.2) is 5.03 Å². The number of likely N-dealkylation sites (N-methyl/N-ethyl adjacent to an activating group) is 1. The fourth-order valence-corrected chi connectivity index (χ4v) is 3.61. The van der Waals surface area contributed by atoms with Gasteiger partial charge >= 0.3 is 0 Å². The first-order valence-corrected chi connectivity index (χ1v) is 8.12. The van der Waals surface area contributed by atoms with Gasteiger partial charge in [0.1, 0.15) is 5.82 Å². The highest BCUT2D eigenvalue weighted by Gasteiger charge is 2.27. The van der Waals surface area contributed by atoms with Gasteiger partial charge < -0.3 is 9.88 Å². The number of hydrogen-bond donors (Lipinski definition) is 1. The summed E-state index contributed by atoms with van der Waals surface area (Å²) in [7, 11) is -1.86. The molecule has 1 aromatic rings. The van der Waals surface area contributed by atoms with Crippen molar-refractivity contribution in [3.63, 3.8) is 0 Å². The summed E-state index contributed by atoms with van der Waals surface area (Å²) in [5.74, 6) is 0.730. The largest absolute Gasteiger partial charge is 0.334 e. The van der Waals surface area contributed by atoms with Crippen molar-refractivity contribution in [3.8, 4) is 0 Å². The lowest BCUT2D eigenvalue weighted by molar-refractivity contribution is 0.416. The van der Waals surface area contributed by atoms with Gasteiger partial charge in [-0.15, -0.1) is 0 Å². The average Bonchev–Trinajstić information content (AvgIpc) is 2.98. The number of imidazole rings is 1. The van der Waals surface area contributed by atoms with Gasteiger partial charge in [-0.05, 0) is 33.2 Å². The molecule has 1 unspecified atom stereocenters. The number of sulfonamides is 1. The fraction of sp³-hybridized carbons (Fsp3) is 0.750. The summed E-state index contributed by atoms with van der Waals surface area (Å²) in [5, 5.41) is 3.45. The second kappa shape index (κ2) is 5.60. The average molecular weight is 286 g/mol. The summed E-state index contributed by atoms with van der Waals surface area (Å²) in [6.45, 7) is 5.99. The molecule has 0 aliphatic carbocycles. The number of nitrogens with one attached hydrogen (secondary N) is 1. The first kappa shape index (κ1) is 14.5. The number of aromatic nitrogens is 2. The summed E-state index contributed by atoms with van der Waals surface area (Å²) in [5.41, 5.74) is 0. The van der Waals surface area contributed by atoms with E-state index in [1.807, 2.05) is 18.4 Å². The molecule has 0 aromatic carbocycles. The lowest BCUT2D eigenvalue weighted by Gasteiger charge is -2.19. The minimum Gasteiger partial charge on any atom is -0.334 e. The van der Waals surface area contributed by atoms with Crippen molar-refractivity contribution in [2.45, 2.75) is 44.3 Å². The monoisotopic (exact) mass is 286 g/mol. The molecular weight excluding hydrogens is 264 g/mol. The van der Waals surface area contributed by atoms with Gasteiger partial charge in [0, 0.05) is 32.4 Å². The smallest absolute Gasteiger partial charge is 0.261 e. The molecular formula is C12H22N4O2S. The van der Waals surface area contributed by atoms with Crippen molar-refractivity contribution in [1.29, 1.82) is 0 Å². The predicted molar refractivity (Wildman–Crippen MR) is 73.5 cm³/mol. The Hall–Kier alpha value is -0.920. The van der Waals surface area contributed by atoms with Crippen LogP contribution in [0.15, 0.2) is 11.2 Å². The van der Waals surface area contributed by atoms with Crippen molar-refractivity contribution in [3.05, 3.63) is 12.0 Å². The third-order valence-electron chi connectivity index (χ3n) is 3.61. The molecule has 1 aromatic heterocycles. The minimum absolute atomic E-state index is 0.146. The van der Waals surface area contributed by atoms with Crippen LogP contribution >= 0.6 is 0 Å². The van der Waals surface area contributed by atoms with Crippen LogP contribution in [-0.2, 0) is 16.6 Å². The number of nitrogens with zero attached hydrogens (tertiary/aromatic N) is 3. The fourth-order valence-electron chi connectivity index (χ4n) is 2.40. The summed E-state index contributed by atoms with van der Waals surface area (Å²) in [6, 6.07) is 0.258. The molecule has 0 amide bonds. The Morgan fingerprint density at radius 3 is 2.84 bits per heavy atom. The molecule has 0 saturated carbocycles. The SMILES string of the molecule is CCn1cc(S(=O)(=O)N(C)CC2CCCN2)nc1C. The van der Waals surface area contributed by atoms with Crippen molar-refractivity contribution >= 4 is 10.0 Å². The van der Waals surface area contributed by atoms with Crippen LogP contribution in [0.25, 0.3) is 0 Å². The molecule has 0 radical (unpaired) electrons.